The molecule has 1 aliphatic rings. The Balaban J connectivity index is 1.78. The Morgan fingerprint density at radius 3 is 2.48 bits per heavy atom. The first-order chi connectivity index (χ1) is 10.9. The van der Waals surface area contributed by atoms with Crippen LogP contribution in [0.1, 0.15) is 31.1 Å². The van der Waals surface area contributed by atoms with Gasteiger partial charge in [0.25, 0.3) is 5.91 Å². The number of nitrogens with zero attached hydrogens (tertiary/aromatic N) is 3. The van der Waals surface area contributed by atoms with Crippen LogP contribution in [0.2, 0.25) is 0 Å². The van der Waals surface area contributed by atoms with Crippen LogP contribution in [-0.4, -0.2) is 45.6 Å². The number of morpholine rings is 1. The summed E-state index contributed by atoms with van der Waals surface area (Å²) in [6, 6.07) is 9.72. The SMILES string of the molecule is CC1CN(C(=O)c2cnc(-c3ccccc3)nc2)CC(C)(C)O1. The molecule has 1 atom stereocenters. The molecule has 0 radical (unpaired) electrons. The second-order valence-corrected chi connectivity index (χ2v) is 6.54. The zero-order chi connectivity index (χ0) is 16.4. The largest absolute Gasteiger partial charge is 0.369 e. The van der Waals surface area contributed by atoms with Gasteiger partial charge in [0.1, 0.15) is 0 Å². The molecule has 5 heteroatoms. The van der Waals surface area contributed by atoms with Crippen LogP contribution in [0, 0.1) is 0 Å². The van der Waals surface area contributed by atoms with Crippen LogP contribution in [-0.2, 0) is 4.74 Å². The molecule has 23 heavy (non-hydrogen) atoms. The molecule has 0 aliphatic carbocycles. The topological polar surface area (TPSA) is 55.3 Å². The van der Waals surface area contributed by atoms with Gasteiger partial charge in [-0.2, -0.15) is 0 Å². The van der Waals surface area contributed by atoms with E-state index in [0.29, 0.717) is 24.5 Å². The molecule has 0 N–H and O–H groups in total. The molecular weight excluding hydrogens is 290 g/mol. The van der Waals surface area contributed by atoms with E-state index in [9.17, 15) is 4.79 Å². The molecular formula is C18H21N3O2. The Kier molecular flexibility index (Phi) is 4.13. The van der Waals surface area contributed by atoms with Crippen LogP contribution >= 0.6 is 0 Å². The highest BCUT2D eigenvalue weighted by Gasteiger charge is 2.34. The first kappa shape index (κ1) is 15.6. The summed E-state index contributed by atoms with van der Waals surface area (Å²) in [7, 11) is 0. The van der Waals surface area contributed by atoms with E-state index in [-0.39, 0.29) is 17.6 Å². The molecule has 1 aromatic carbocycles. The first-order valence-electron chi connectivity index (χ1n) is 7.79. The minimum absolute atomic E-state index is 0.0206. The number of amides is 1. The Labute approximate surface area is 136 Å². The Bertz CT molecular complexity index is 683. The van der Waals surface area contributed by atoms with Crippen LogP contribution in [0.3, 0.4) is 0 Å². The van der Waals surface area contributed by atoms with Gasteiger partial charge in [0.05, 0.1) is 17.3 Å². The van der Waals surface area contributed by atoms with Gasteiger partial charge in [-0.3, -0.25) is 4.79 Å². The van der Waals surface area contributed by atoms with Gasteiger partial charge in [-0.15, -0.1) is 0 Å². The Morgan fingerprint density at radius 1 is 1.22 bits per heavy atom. The zero-order valence-electron chi connectivity index (χ0n) is 13.7. The number of carbonyl (C=O) groups is 1. The van der Waals surface area contributed by atoms with E-state index in [2.05, 4.69) is 9.97 Å². The molecule has 1 saturated heterocycles. The van der Waals surface area contributed by atoms with Crippen molar-refractivity contribution < 1.29 is 9.53 Å². The predicted octanol–water partition coefficient (Wildman–Crippen LogP) is 2.78. The highest BCUT2D eigenvalue weighted by Crippen LogP contribution is 2.22. The Hall–Kier alpha value is -2.27. The van der Waals surface area contributed by atoms with E-state index in [1.165, 1.54) is 0 Å². The van der Waals surface area contributed by atoms with E-state index in [1.54, 1.807) is 12.4 Å². The van der Waals surface area contributed by atoms with Crippen molar-refractivity contribution in [1.82, 2.24) is 14.9 Å². The van der Waals surface area contributed by atoms with Crippen molar-refractivity contribution >= 4 is 5.91 Å². The molecule has 3 rings (SSSR count). The van der Waals surface area contributed by atoms with Gasteiger partial charge in [-0.25, -0.2) is 9.97 Å². The van der Waals surface area contributed by atoms with Crippen LogP contribution in [0.25, 0.3) is 11.4 Å². The molecule has 1 aliphatic heterocycles. The number of benzene rings is 1. The lowest BCUT2D eigenvalue weighted by Crippen LogP contribution is -2.53. The van der Waals surface area contributed by atoms with Gasteiger partial charge in [0, 0.05) is 31.0 Å². The summed E-state index contributed by atoms with van der Waals surface area (Å²) in [5.41, 5.74) is 1.11. The summed E-state index contributed by atoms with van der Waals surface area (Å²) in [5.74, 6) is 0.575. The number of hydrogen-bond donors (Lipinski definition) is 0. The fourth-order valence-corrected chi connectivity index (χ4v) is 2.97. The van der Waals surface area contributed by atoms with Gasteiger partial charge in [-0.1, -0.05) is 30.3 Å². The van der Waals surface area contributed by atoms with Crippen molar-refractivity contribution in [3.05, 3.63) is 48.3 Å². The summed E-state index contributed by atoms with van der Waals surface area (Å²) >= 11 is 0. The Morgan fingerprint density at radius 2 is 1.87 bits per heavy atom. The van der Waals surface area contributed by atoms with Crippen molar-refractivity contribution in [2.24, 2.45) is 0 Å². The normalized spacial score (nSPS) is 20.3. The molecule has 5 nitrogen and oxygen atoms in total. The summed E-state index contributed by atoms with van der Waals surface area (Å²) in [4.78, 5) is 23.1. The standard InChI is InChI=1S/C18H21N3O2/c1-13-11-21(12-18(2,3)23-13)17(22)15-9-19-16(20-10-15)14-7-5-4-6-8-14/h4-10,13H,11-12H2,1-3H3. The van der Waals surface area contributed by atoms with Crippen LogP contribution in [0.15, 0.2) is 42.7 Å². The van der Waals surface area contributed by atoms with Crippen molar-refractivity contribution in [3.8, 4) is 11.4 Å². The van der Waals surface area contributed by atoms with Crippen LogP contribution < -0.4 is 0 Å². The van der Waals surface area contributed by atoms with E-state index in [4.69, 9.17) is 4.74 Å². The molecule has 0 saturated carbocycles. The number of hydrogen-bond acceptors (Lipinski definition) is 4. The highest BCUT2D eigenvalue weighted by atomic mass is 16.5. The molecule has 1 unspecified atom stereocenters. The number of carbonyl (C=O) groups excluding carboxylic acids is 1. The zero-order valence-corrected chi connectivity index (χ0v) is 13.7. The first-order valence-corrected chi connectivity index (χ1v) is 7.79. The fraction of sp³-hybridized carbons (Fsp3) is 0.389. The minimum Gasteiger partial charge on any atom is -0.369 e. The highest BCUT2D eigenvalue weighted by molar-refractivity contribution is 5.93. The van der Waals surface area contributed by atoms with Gasteiger partial charge >= 0.3 is 0 Å². The lowest BCUT2D eigenvalue weighted by Gasteiger charge is -2.41. The van der Waals surface area contributed by atoms with Crippen molar-refractivity contribution in [3.63, 3.8) is 0 Å². The van der Waals surface area contributed by atoms with Crippen molar-refractivity contribution in [2.45, 2.75) is 32.5 Å². The minimum atomic E-state index is -0.335. The van der Waals surface area contributed by atoms with Crippen LogP contribution in [0.5, 0.6) is 0 Å². The van der Waals surface area contributed by atoms with Crippen molar-refractivity contribution in [1.29, 1.82) is 0 Å². The number of rotatable bonds is 2. The summed E-state index contributed by atoms with van der Waals surface area (Å²) in [6.07, 6.45) is 3.22. The summed E-state index contributed by atoms with van der Waals surface area (Å²) in [6.45, 7) is 7.13. The molecule has 2 aromatic rings. The van der Waals surface area contributed by atoms with E-state index < -0.39 is 0 Å². The quantitative estimate of drug-likeness (QED) is 0.856. The molecule has 0 bridgehead atoms. The third kappa shape index (κ3) is 3.56. The molecule has 1 aromatic heterocycles. The second kappa shape index (κ2) is 6.08. The average molecular weight is 311 g/mol. The summed E-state index contributed by atoms with van der Waals surface area (Å²) < 4.78 is 5.84. The van der Waals surface area contributed by atoms with Crippen molar-refractivity contribution in [2.75, 3.05) is 13.1 Å². The second-order valence-electron chi connectivity index (χ2n) is 6.54. The predicted molar refractivity (Wildman–Crippen MR) is 88.0 cm³/mol. The molecule has 0 spiro atoms. The molecule has 1 fully saturated rings. The number of aromatic nitrogens is 2. The van der Waals surface area contributed by atoms with Gasteiger partial charge in [-0.05, 0) is 20.8 Å². The monoisotopic (exact) mass is 311 g/mol. The fourth-order valence-electron chi connectivity index (χ4n) is 2.97. The van der Waals surface area contributed by atoms with E-state index in [0.717, 1.165) is 5.56 Å². The molecule has 1 amide bonds. The third-order valence-electron chi connectivity index (χ3n) is 3.79. The van der Waals surface area contributed by atoms with Crippen LogP contribution in [0.4, 0.5) is 0 Å². The van der Waals surface area contributed by atoms with Gasteiger partial charge in [0.15, 0.2) is 5.82 Å². The number of ether oxygens (including phenoxy) is 1. The van der Waals surface area contributed by atoms with E-state index in [1.807, 2.05) is 56.0 Å². The third-order valence-corrected chi connectivity index (χ3v) is 3.79. The lowest BCUT2D eigenvalue weighted by atomic mass is 10.0. The maximum Gasteiger partial charge on any atom is 0.257 e. The van der Waals surface area contributed by atoms with E-state index >= 15 is 0 Å². The van der Waals surface area contributed by atoms with Gasteiger partial charge < -0.3 is 9.64 Å². The maximum atomic E-state index is 12.7. The molecule has 120 valence electrons. The lowest BCUT2D eigenvalue weighted by molar-refractivity contribution is -0.118. The average Bonchev–Trinajstić information content (AvgIpc) is 2.53. The van der Waals surface area contributed by atoms with Gasteiger partial charge in [0.2, 0.25) is 0 Å². The summed E-state index contributed by atoms with van der Waals surface area (Å²) in [5, 5.41) is 0. The maximum absolute atomic E-state index is 12.7. The smallest absolute Gasteiger partial charge is 0.257 e. The molecule has 2 heterocycles.